The Hall–Kier alpha value is 0.110. The van der Waals surface area contributed by atoms with E-state index in [0.717, 1.165) is 4.67 Å². The van der Waals surface area contributed by atoms with Crippen LogP contribution in [-0.4, -0.2) is 23.7 Å². The Morgan fingerprint density at radius 1 is 1.71 bits per heavy atom. The summed E-state index contributed by atoms with van der Waals surface area (Å²) >= 11 is 0. The fourth-order valence-electron chi connectivity index (χ4n) is 0. The van der Waals surface area contributed by atoms with E-state index in [-0.39, 0.29) is 0 Å². The molecule has 0 spiro atoms. The van der Waals surface area contributed by atoms with Crippen molar-refractivity contribution in [1.29, 1.82) is 0 Å². The lowest BCUT2D eigenvalue weighted by Crippen LogP contribution is -2.13. The van der Waals surface area contributed by atoms with Crippen LogP contribution in [0.25, 0.3) is 0 Å². The molecular formula is C2H9N2O2P. The van der Waals surface area contributed by atoms with Crippen molar-refractivity contribution in [2.75, 3.05) is 14.1 Å². The van der Waals surface area contributed by atoms with Gasteiger partial charge in [0.25, 0.3) is 0 Å². The van der Waals surface area contributed by atoms with Crippen LogP contribution in [0.5, 0.6) is 0 Å². The summed E-state index contributed by atoms with van der Waals surface area (Å²) < 4.78 is 11.2. The van der Waals surface area contributed by atoms with Gasteiger partial charge in [-0.2, -0.15) is 0 Å². The normalized spacial score (nSPS) is 19.6. The van der Waals surface area contributed by atoms with Gasteiger partial charge in [-0.25, -0.2) is 10.2 Å². The predicted molar refractivity (Wildman–Crippen MR) is 27.7 cm³/mol. The molecule has 1 unspecified atom stereocenters. The highest BCUT2D eigenvalue weighted by Gasteiger charge is 2.11. The Kier molecular flexibility index (Phi) is 1.95. The molecule has 0 heterocycles. The first kappa shape index (κ1) is 7.11. The van der Waals surface area contributed by atoms with E-state index in [9.17, 15) is 4.57 Å². The van der Waals surface area contributed by atoms with Crippen molar-refractivity contribution in [3.05, 3.63) is 0 Å². The van der Waals surface area contributed by atoms with Crippen molar-refractivity contribution in [2.45, 2.75) is 0 Å². The van der Waals surface area contributed by atoms with Gasteiger partial charge in [0.15, 0.2) is 0 Å². The summed E-state index contributed by atoms with van der Waals surface area (Å²) in [4.78, 5) is 8.35. The van der Waals surface area contributed by atoms with E-state index >= 15 is 0 Å². The first-order valence-corrected chi connectivity index (χ1v) is 3.42. The molecule has 0 fully saturated rings. The van der Waals surface area contributed by atoms with Gasteiger partial charge in [0.1, 0.15) is 0 Å². The molecule has 0 aromatic carbocycles. The van der Waals surface area contributed by atoms with Crippen LogP contribution >= 0.6 is 7.67 Å². The van der Waals surface area contributed by atoms with Crippen LogP contribution in [0.2, 0.25) is 0 Å². The van der Waals surface area contributed by atoms with Crippen LogP contribution < -0.4 is 5.50 Å². The third kappa shape index (κ3) is 2.76. The largest absolute Gasteiger partial charge is 0.337 e. The summed E-state index contributed by atoms with van der Waals surface area (Å²) in [6.07, 6.45) is 0. The summed E-state index contributed by atoms with van der Waals surface area (Å²) in [6.45, 7) is 0. The van der Waals surface area contributed by atoms with Crippen LogP contribution in [0.15, 0.2) is 0 Å². The van der Waals surface area contributed by atoms with E-state index in [1.807, 2.05) is 0 Å². The maximum Gasteiger partial charge on any atom is 0.337 e. The summed E-state index contributed by atoms with van der Waals surface area (Å²) in [7, 11) is -0.514. The van der Waals surface area contributed by atoms with Crippen molar-refractivity contribution in [1.82, 2.24) is 4.67 Å². The molecule has 44 valence electrons. The molecule has 5 heteroatoms. The molecule has 4 nitrogen and oxygen atoms in total. The van der Waals surface area contributed by atoms with E-state index < -0.39 is 7.67 Å². The van der Waals surface area contributed by atoms with Crippen LogP contribution in [-0.2, 0) is 4.57 Å². The van der Waals surface area contributed by atoms with Gasteiger partial charge in [-0.05, 0) is 14.1 Å². The third-order valence-electron chi connectivity index (χ3n) is 0.573. The second-order valence-corrected chi connectivity index (χ2v) is 3.41. The zero-order valence-electron chi connectivity index (χ0n) is 4.33. The van der Waals surface area contributed by atoms with Gasteiger partial charge in [0.05, 0.1) is 0 Å². The number of rotatable bonds is 1. The molecule has 0 aromatic heterocycles. The fraction of sp³-hybridized carbons (Fsp3) is 1.00. The summed E-state index contributed by atoms with van der Waals surface area (Å²) in [5, 5.41) is 0. The molecule has 0 saturated carbocycles. The van der Waals surface area contributed by atoms with Crippen LogP contribution in [0.1, 0.15) is 0 Å². The van der Waals surface area contributed by atoms with E-state index in [0.29, 0.717) is 0 Å². The number of nitrogens with zero attached hydrogens (tertiary/aromatic N) is 1. The first-order chi connectivity index (χ1) is 2.94. The zero-order chi connectivity index (χ0) is 6.08. The minimum atomic E-state index is -3.40. The second kappa shape index (κ2) is 1.92. The quantitative estimate of drug-likeness (QED) is 0.467. The summed E-state index contributed by atoms with van der Waals surface area (Å²) in [5.41, 5.74) is 4.72. The molecule has 3 N–H and O–H groups in total. The highest BCUT2D eigenvalue weighted by molar-refractivity contribution is 7.52. The highest BCUT2D eigenvalue weighted by atomic mass is 31.2. The monoisotopic (exact) mass is 124 g/mol. The van der Waals surface area contributed by atoms with E-state index in [1.54, 1.807) is 0 Å². The van der Waals surface area contributed by atoms with Gasteiger partial charge in [0, 0.05) is 0 Å². The van der Waals surface area contributed by atoms with Crippen LogP contribution in [0, 0.1) is 0 Å². The molecule has 0 rings (SSSR count). The molecular weight excluding hydrogens is 115 g/mol. The highest BCUT2D eigenvalue weighted by Crippen LogP contribution is 2.30. The minimum absolute atomic E-state index is 1.08. The third-order valence-corrected chi connectivity index (χ3v) is 1.72. The fourth-order valence-corrected chi connectivity index (χ4v) is 0. The lowest BCUT2D eigenvalue weighted by Gasteiger charge is -2.11. The average molecular weight is 124 g/mol. The summed E-state index contributed by atoms with van der Waals surface area (Å²) in [5.74, 6) is 0. The Morgan fingerprint density at radius 3 is 1.86 bits per heavy atom. The lowest BCUT2D eigenvalue weighted by atomic mass is 11.3. The smallest absolute Gasteiger partial charge is 0.322 e. The maximum atomic E-state index is 10.2. The molecule has 7 heavy (non-hydrogen) atoms. The van der Waals surface area contributed by atoms with Gasteiger partial charge >= 0.3 is 7.67 Å². The van der Waals surface area contributed by atoms with E-state index in [4.69, 9.17) is 10.4 Å². The number of hydrogen-bond donors (Lipinski definition) is 2. The number of nitrogens with two attached hydrogens (primary N) is 1. The Labute approximate surface area is 42.5 Å². The Morgan fingerprint density at radius 2 is 1.86 bits per heavy atom. The molecule has 0 saturated heterocycles. The predicted octanol–water partition coefficient (Wildman–Crippen LogP) is -0.393. The molecule has 0 aliphatic carbocycles. The van der Waals surface area contributed by atoms with Crippen LogP contribution in [0.3, 0.4) is 0 Å². The Balaban J connectivity index is 3.80. The first-order valence-electron chi connectivity index (χ1n) is 1.74. The number of hydrogen-bond acceptors (Lipinski definition) is 1. The van der Waals surface area contributed by atoms with Gasteiger partial charge in [0.2, 0.25) is 0 Å². The van der Waals surface area contributed by atoms with Gasteiger partial charge in [-0.1, -0.05) is 0 Å². The Bertz CT molecular complexity index is 95.9. The molecule has 0 bridgehead atoms. The van der Waals surface area contributed by atoms with Crippen molar-refractivity contribution >= 4 is 7.67 Å². The average Bonchev–Trinajstić information content (AvgIpc) is 1.31. The topological polar surface area (TPSA) is 66.6 Å². The minimum Gasteiger partial charge on any atom is -0.322 e. The maximum absolute atomic E-state index is 10.2. The molecule has 0 aliphatic rings. The lowest BCUT2D eigenvalue weighted by molar-refractivity contribution is 0.412. The van der Waals surface area contributed by atoms with Gasteiger partial charge in [-0.15, -0.1) is 0 Å². The van der Waals surface area contributed by atoms with Crippen molar-refractivity contribution in [3.8, 4) is 0 Å². The SMILES string of the molecule is CN(C)P(N)(=O)O. The summed E-state index contributed by atoms with van der Waals surface area (Å²) in [6, 6.07) is 0. The molecule has 1 atom stereocenters. The van der Waals surface area contributed by atoms with E-state index in [2.05, 4.69) is 0 Å². The molecule has 0 aliphatic heterocycles. The van der Waals surface area contributed by atoms with Crippen molar-refractivity contribution < 1.29 is 9.46 Å². The standard InChI is InChI=1S/C2H9N2O2P/c1-4(2)7(3,5)6/h1-2H3,(H3,3,5,6). The van der Waals surface area contributed by atoms with Crippen molar-refractivity contribution in [3.63, 3.8) is 0 Å². The molecule has 0 radical (unpaired) electrons. The van der Waals surface area contributed by atoms with E-state index in [1.165, 1.54) is 14.1 Å². The molecule has 0 amide bonds. The van der Waals surface area contributed by atoms with Crippen molar-refractivity contribution in [2.24, 2.45) is 5.50 Å². The van der Waals surface area contributed by atoms with Gasteiger partial charge in [-0.3, -0.25) is 4.57 Å². The van der Waals surface area contributed by atoms with Gasteiger partial charge < -0.3 is 4.89 Å². The van der Waals surface area contributed by atoms with Crippen LogP contribution in [0.4, 0.5) is 0 Å². The molecule has 0 aromatic rings. The second-order valence-electron chi connectivity index (χ2n) is 1.44. The zero-order valence-corrected chi connectivity index (χ0v) is 5.22.